The number of anilines is 1. The van der Waals surface area contributed by atoms with Crippen LogP contribution in [0.2, 0.25) is 5.02 Å². The Morgan fingerprint density at radius 2 is 2.07 bits per heavy atom. The first-order chi connectivity index (χ1) is 7.17. The molecule has 0 heterocycles. The van der Waals surface area contributed by atoms with E-state index in [9.17, 15) is 0 Å². The molecule has 1 aromatic carbocycles. The summed E-state index contributed by atoms with van der Waals surface area (Å²) in [5.41, 5.74) is 2.81. The van der Waals surface area contributed by atoms with Crippen molar-refractivity contribution in [2.24, 2.45) is 5.10 Å². The van der Waals surface area contributed by atoms with Crippen LogP contribution in [-0.4, -0.2) is 5.71 Å². The van der Waals surface area contributed by atoms with Crippen LogP contribution in [0.25, 0.3) is 0 Å². The zero-order chi connectivity index (χ0) is 11.3. The van der Waals surface area contributed by atoms with Gasteiger partial charge in [-0.05, 0) is 18.2 Å². The fraction of sp³-hybridized carbons (Fsp3) is 0. The molecule has 0 aliphatic rings. The maximum Gasteiger partial charge on any atom is 0.237 e. The Labute approximate surface area is 97.2 Å². The van der Waals surface area contributed by atoms with Crippen molar-refractivity contribution in [3.8, 4) is 12.1 Å². The predicted molar refractivity (Wildman–Crippen MR) is 61.0 cm³/mol. The maximum atomic E-state index is 8.44. The van der Waals surface area contributed by atoms with E-state index in [2.05, 4.69) is 23.2 Å². The molecule has 0 bridgehead atoms. The molecule has 0 spiro atoms. The standard InChI is InChI=1S/C9H5ClN4S/c10-6-1-2-9(15)8(3-6)14-13-7(4-11)5-12/h1-3,14-15H. The van der Waals surface area contributed by atoms with Crippen LogP contribution in [0.15, 0.2) is 28.2 Å². The first-order valence-electron chi connectivity index (χ1n) is 3.80. The number of thiol groups is 1. The number of hydrazone groups is 1. The number of hydrogen-bond acceptors (Lipinski definition) is 5. The lowest BCUT2D eigenvalue weighted by molar-refractivity contribution is 1.29. The molecule has 0 aliphatic carbocycles. The van der Waals surface area contributed by atoms with Crippen molar-refractivity contribution in [1.82, 2.24) is 0 Å². The average Bonchev–Trinajstić information content (AvgIpc) is 2.24. The highest BCUT2D eigenvalue weighted by molar-refractivity contribution is 7.80. The molecule has 15 heavy (non-hydrogen) atoms. The minimum absolute atomic E-state index is 0.261. The van der Waals surface area contributed by atoms with Crippen LogP contribution in [0.5, 0.6) is 0 Å². The number of nitriles is 2. The Balaban J connectivity index is 2.92. The summed E-state index contributed by atoms with van der Waals surface area (Å²) in [6.45, 7) is 0. The van der Waals surface area contributed by atoms with Gasteiger partial charge >= 0.3 is 0 Å². The van der Waals surface area contributed by atoms with Crippen LogP contribution in [0, 0.1) is 22.7 Å². The third-order valence-electron chi connectivity index (χ3n) is 1.46. The number of hydrogen-bond donors (Lipinski definition) is 2. The molecule has 0 atom stereocenters. The minimum Gasteiger partial charge on any atom is -0.275 e. The molecule has 0 saturated carbocycles. The number of nitrogens with one attached hydrogen (secondary N) is 1. The highest BCUT2D eigenvalue weighted by atomic mass is 35.5. The van der Waals surface area contributed by atoms with Gasteiger partial charge in [0, 0.05) is 9.92 Å². The van der Waals surface area contributed by atoms with Gasteiger partial charge in [0.2, 0.25) is 5.71 Å². The molecule has 74 valence electrons. The third kappa shape index (κ3) is 3.17. The van der Waals surface area contributed by atoms with E-state index in [-0.39, 0.29) is 5.71 Å². The SMILES string of the molecule is N#CC(C#N)=NNc1cc(Cl)ccc1S. The van der Waals surface area contributed by atoms with Gasteiger partial charge in [0.1, 0.15) is 12.1 Å². The van der Waals surface area contributed by atoms with Gasteiger partial charge in [-0.25, -0.2) is 0 Å². The number of benzene rings is 1. The summed E-state index contributed by atoms with van der Waals surface area (Å²) in [5, 5.41) is 21.0. The molecule has 0 radical (unpaired) electrons. The normalized spacial score (nSPS) is 8.53. The van der Waals surface area contributed by atoms with E-state index in [4.69, 9.17) is 22.1 Å². The molecule has 0 aliphatic heterocycles. The minimum atomic E-state index is -0.261. The van der Waals surface area contributed by atoms with Crippen LogP contribution >= 0.6 is 24.2 Å². The Hall–Kier alpha value is -1.69. The van der Waals surface area contributed by atoms with Gasteiger partial charge in [-0.15, -0.1) is 12.6 Å². The quantitative estimate of drug-likeness (QED) is 0.471. The van der Waals surface area contributed by atoms with Crippen LogP contribution in [0.4, 0.5) is 5.69 Å². The molecule has 6 heteroatoms. The molecular formula is C9H5ClN4S. The van der Waals surface area contributed by atoms with E-state index in [0.717, 1.165) is 0 Å². The summed E-state index contributed by atoms with van der Waals surface area (Å²) < 4.78 is 0. The number of halogens is 1. The first kappa shape index (κ1) is 11.4. The lowest BCUT2D eigenvalue weighted by Gasteiger charge is -2.03. The Kier molecular flexibility index (Phi) is 3.99. The van der Waals surface area contributed by atoms with Gasteiger partial charge in [0.15, 0.2) is 0 Å². The van der Waals surface area contributed by atoms with E-state index in [1.54, 1.807) is 30.3 Å². The van der Waals surface area contributed by atoms with E-state index < -0.39 is 0 Å². The van der Waals surface area contributed by atoms with Crippen LogP contribution in [0.1, 0.15) is 0 Å². The number of rotatable bonds is 2. The Morgan fingerprint density at radius 3 is 2.67 bits per heavy atom. The molecule has 0 fully saturated rings. The average molecular weight is 237 g/mol. The zero-order valence-corrected chi connectivity index (χ0v) is 9.05. The smallest absolute Gasteiger partial charge is 0.237 e. The monoisotopic (exact) mass is 236 g/mol. The van der Waals surface area contributed by atoms with Crippen molar-refractivity contribution in [3.05, 3.63) is 23.2 Å². The molecule has 0 unspecified atom stereocenters. The van der Waals surface area contributed by atoms with Gasteiger partial charge in [-0.3, -0.25) is 5.43 Å². The summed E-state index contributed by atoms with van der Waals surface area (Å²) in [5.74, 6) is 0. The van der Waals surface area contributed by atoms with E-state index in [0.29, 0.717) is 15.6 Å². The predicted octanol–water partition coefficient (Wildman–Crippen LogP) is 2.44. The summed E-state index contributed by atoms with van der Waals surface area (Å²) in [4.78, 5) is 0.623. The van der Waals surface area contributed by atoms with Crippen LogP contribution in [-0.2, 0) is 0 Å². The first-order valence-corrected chi connectivity index (χ1v) is 4.62. The van der Waals surface area contributed by atoms with Crippen molar-refractivity contribution >= 4 is 35.6 Å². The molecule has 0 aromatic heterocycles. The summed E-state index contributed by atoms with van der Waals surface area (Å²) in [6.07, 6.45) is 0. The molecule has 1 aromatic rings. The largest absolute Gasteiger partial charge is 0.275 e. The summed E-state index contributed by atoms with van der Waals surface area (Å²) in [6, 6.07) is 8.20. The van der Waals surface area contributed by atoms with Gasteiger partial charge in [0.25, 0.3) is 0 Å². The van der Waals surface area contributed by atoms with Crippen molar-refractivity contribution in [2.75, 3.05) is 5.43 Å². The topological polar surface area (TPSA) is 72.0 Å². The molecular weight excluding hydrogens is 232 g/mol. The van der Waals surface area contributed by atoms with Crippen molar-refractivity contribution in [2.45, 2.75) is 4.90 Å². The number of nitrogens with zero attached hydrogens (tertiary/aromatic N) is 3. The maximum absolute atomic E-state index is 8.44. The van der Waals surface area contributed by atoms with E-state index in [1.165, 1.54) is 0 Å². The second-order valence-corrected chi connectivity index (χ2v) is 3.38. The van der Waals surface area contributed by atoms with Crippen molar-refractivity contribution < 1.29 is 0 Å². The highest BCUT2D eigenvalue weighted by Crippen LogP contribution is 2.23. The Morgan fingerprint density at radius 1 is 1.40 bits per heavy atom. The molecule has 0 amide bonds. The van der Waals surface area contributed by atoms with Gasteiger partial charge in [-0.1, -0.05) is 11.6 Å². The third-order valence-corrected chi connectivity index (χ3v) is 2.08. The lowest BCUT2D eigenvalue weighted by atomic mass is 10.3. The van der Waals surface area contributed by atoms with Gasteiger partial charge in [0.05, 0.1) is 5.69 Å². The van der Waals surface area contributed by atoms with E-state index >= 15 is 0 Å². The second kappa shape index (κ2) is 5.26. The van der Waals surface area contributed by atoms with Crippen LogP contribution < -0.4 is 5.43 Å². The molecule has 1 N–H and O–H groups in total. The fourth-order valence-electron chi connectivity index (χ4n) is 0.789. The van der Waals surface area contributed by atoms with Gasteiger partial charge in [-0.2, -0.15) is 15.6 Å². The summed E-state index contributed by atoms with van der Waals surface area (Å²) in [7, 11) is 0. The summed E-state index contributed by atoms with van der Waals surface area (Å²) >= 11 is 9.90. The van der Waals surface area contributed by atoms with Crippen molar-refractivity contribution in [3.63, 3.8) is 0 Å². The van der Waals surface area contributed by atoms with E-state index in [1.807, 2.05) is 0 Å². The fourth-order valence-corrected chi connectivity index (χ4v) is 1.15. The molecule has 4 nitrogen and oxygen atoms in total. The highest BCUT2D eigenvalue weighted by Gasteiger charge is 1.99. The zero-order valence-electron chi connectivity index (χ0n) is 7.40. The van der Waals surface area contributed by atoms with Crippen molar-refractivity contribution in [1.29, 1.82) is 10.5 Å². The molecule has 1 rings (SSSR count). The Bertz CT molecular complexity index is 468. The second-order valence-electron chi connectivity index (χ2n) is 2.46. The molecule has 0 saturated heterocycles. The van der Waals surface area contributed by atoms with Gasteiger partial charge < -0.3 is 0 Å². The lowest BCUT2D eigenvalue weighted by Crippen LogP contribution is -1.96. The van der Waals surface area contributed by atoms with Crippen LogP contribution in [0.3, 0.4) is 0 Å².